The Bertz CT molecular complexity index is 2240. The lowest BCUT2D eigenvalue weighted by atomic mass is 9.98. The Balaban J connectivity index is 1.20. The molecule has 5 fully saturated rings. The summed E-state index contributed by atoms with van der Waals surface area (Å²) in [6.45, 7) is 3.91. The molecule has 0 aromatic heterocycles. The summed E-state index contributed by atoms with van der Waals surface area (Å²) in [6.07, 6.45) is -27.1. The molecule has 28 N–H and O–H groups in total. The Hall–Kier alpha value is -4.32. The van der Waals surface area contributed by atoms with E-state index in [1.165, 1.54) is 0 Å². The van der Waals surface area contributed by atoms with E-state index >= 15 is 0 Å². The van der Waals surface area contributed by atoms with E-state index in [1.54, 1.807) is 0 Å². The third-order valence-corrected chi connectivity index (χ3v) is 18.6. The molecule has 102 heavy (non-hydrogen) atoms. The van der Waals surface area contributed by atoms with E-state index in [-0.39, 0.29) is 122 Å². The summed E-state index contributed by atoms with van der Waals surface area (Å²) in [6, 6.07) is 0. The molecule has 5 aliphatic heterocycles. The van der Waals surface area contributed by atoms with Crippen LogP contribution >= 0.6 is 48.9 Å². The molecule has 5 rings (SSSR count). The van der Waals surface area contributed by atoms with Gasteiger partial charge in [-0.3, -0.25) is 19.2 Å². The fraction of sp³-hybridized carbons (Fsp3) is 0.862. The Morgan fingerprint density at radius 1 is 0.284 bits per heavy atom. The Kier molecular flexibility index (Phi) is 40.4. The number of amides is 4. The number of aliphatic hydroxyl groups excluding tert-OH is 16. The van der Waals surface area contributed by atoms with Crippen LogP contribution in [0, 0.1) is 0 Å². The quantitative estimate of drug-likeness (QED) is 0.0220. The van der Waals surface area contributed by atoms with E-state index in [1.807, 2.05) is 0 Å². The van der Waals surface area contributed by atoms with Crippen LogP contribution in [0.4, 0.5) is 0 Å². The van der Waals surface area contributed by atoms with Gasteiger partial charge in [0.1, 0.15) is 97.7 Å². The summed E-state index contributed by atoms with van der Waals surface area (Å²) in [5.74, 6) is -1.10. The van der Waals surface area contributed by atoms with Gasteiger partial charge in [0.15, 0.2) is 45.4 Å². The smallest absolute Gasteiger partial charge is 0.221 e. The van der Waals surface area contributed by atoms with Crippen LogP contribution in [0.25, 0.3) is 0 Å². The van der Waals surface area contributed by atoms with Crippen LogP contribution in [-0.4, -0.2) is 425 Å². The normalized spacial score (nSPS) is 31.9. The first-order valence-corrected chi connectivity index (χ1v) is 35.7. The lowest BCUT2D eigenvalue weighted by molar-refractivity contribution is -0.232. The van der Waals surface area contributed by atoms with Crippen LogP contribution in [-0.2, 0) is 38.1 Å². The van der Waals surface area contributed by atoms with Crippen molar-refractivity contribution in [2.24, 2.45) is 0 Å². The van der Waals surface area contributed by atoms with E-state index in [4.69, 9.17) is 67.8 Å². The third-order valence-electron chi connectivity index (χ3n) is 17.6. The molecule has 588 valence electrons. The van der Waals surface area contributed by atoms with Gasteiger partial charge in [-0.05, 0) is 87.9 Å². The average Bonchev–Trinajstić information content (AvgIpc) is 0.838. The Morgan fingerprint density at radius 3 is 0.657 bits per heavy atom. The molecule has 5 aliphatic rings. The summed E-state index contributed by atoms with van der Waals surface area (Å²) in [5.41, 5.74) is 0. The Morgan fingerprint density at radius 2 is 0.471 bits per heavy atom. The van der Waals surface area contributed by atoms with E-state index in [2.05, 4.69) is 83.4 Å². The summed E-state index contributed by atoms with van der Waals surface area (Å²) in [4.78, 5) is 62.1. The molecule has 0 spiro atoms. The molecule has 4 amide bonds. The van der Waals surface area contributed by atoms with Gasteiger partial charge in [-0.1, -0.05) is 0 Å². The molecule has 0 unspecified atom stereocenters. The van der Waals surface area contributed by atoms with Crippen molar-refractivity contribution < 1.29 is 120 Å². The van der Waals surface area contributed by atoms with Gasteiger partial charge in [0.2, 0.25) is 23.6 Å². The molecule has 20 atom stereocenters. The number of nitrogens with zero attached hydrogens (tertiary/aromatic N) is 4. The van der Waals surface area contributed by atoms with Crippen LogP contribution in [0.1, 0.15) is 38.5 Å². The van der Waals surface area contributed by atoms with Gasteiger partial charge < -0.3 is 184 Å². The summed E-state index contributed by atoms with van der Waals surface area (Å²) in [5, 5.41) is 195. The molecule has 0 aliphatic carbocycles. The van der Waals surface area contributed by atoms with Crippen molar-refractivity contribution >= 4 is 92.9 Å². The van der Waals surface area contributed by atoms with Gasteiger partial charge in [0.05, 0.1) is 26.4 Å². The van der Waals surface area contributed by atoms with Crippen molar-refractivity contribution in [3.63, 3.8) is 0 Å². The highest BCUT2D eigenvalue weighted by Crippen LogP contribution is 2.23. The van der Waals surface area contributed by atoms with E-state index < -0.39 is 149 Å². The molecule has 0 aromatic rings. The zero-order chi connectivity index (χ0) is 75.0. The second-order valence-electron chi connectivity index (χ2n) is 25.1. The molecule has 5 heterocycles. The monoisotopic (exact) mass is 1540 g/mol. The minimum absolute atomic E-state index is 0.00813. The second kappa shape index (κ2) is 46.7. The third kappa shape index (κ3) is 29.8. The number of thiocarbonyl (C=S) groups is 4. The number of carbonyl (C=O) groups is 4. The molecule has 0 aromatic carbocycles. The zero-order valence-electron chi connectivity index (χ0n) is 56.6. The summed E-state index contributed by atoms with van der Waals surface area (Å²) < 4.78 is 21.8. The molecular formula is C58H108N16O24S4. The number of ether oxygens (including phenoxy) is 4. The van der Waals surface area contributed by atoms with Crippen molar-refractivity contribution in [1.29, 1.82) is 0 Å². The van der Waals surface area contributed by atoms with E-state index in [0.29, 0.717) is 91.4 Å². The summed E-state index contributed by atoms with van der Waals surface area (Å²) >= 11 is 21.3. The molecule has 0 bridgehead atoms. The first-order valence-electron chi connectivity index (χ1n) is 34.0. The highest BCUT2D eigenvalue weighted by atomic mass is 32.1. The van der Waals surface area contributed by atoms with Crippen LogP contribution in [0.2, 0.25) is 0 Å². The number of aliphatic hydroxyl groups is 16. The molecule has 5 saturated heterocycles. The van der Waals surface area contributed by atoms with Crippen LogP contribution < -0.4 is 63.8 Å². The Labute approximate surface area is 611 Å². The maximum atomic E-state index is 13.4. The van der Waals surface area contributed by atoms with Gasteiger partial charge in [-0.15, -0.1) is 0 Å². The van der Waals surface area contributed by atoms with Crippen LogP contribution in [0.15, 0.2) is 0 Å². The van der Waals surface area contributed by atoms with Crippen LogP contribution in [0.3, 0.4) is 0 Å². The largest absolute Gasteiger partial charge is 0.394 e. The predicted molar refractivity (Wildman–Crippen MR) is 376 cm³/mol. The van der Waals surface area contributed by atoms with E-state index in [0.717, 1.165) is 0 Å². The molecule has 0 saturated carbocycles. The molecule has 40 nitrogen and oxygen atoms in total. The second-order valence-corrected chi connectivity index (χ2v) is 26.7. The van der Waals surface area contributed by atoms with Crippen LogP contribution in [0.5, 0.6) is 0 Å². The zero-order valence-corrected chi connectivity index (χ0v) is 59.9. The minimum Gasteiger partial charge on any atom is -0.394 e. The fourth-order valence-electron chi connectivity index (χ4n) is 11.5. The van der Waals surface area contributed by atoms with Crippen molar-refractivity contribution in [3.8, 4) is 0 Å². The van der Waals surface area contributed by atoms with Crippen molar-refractivity contribution in [2.75, 3.05) is 157 Å². The molecule has 0 radical (unpaired) electrons. The first kappa shape index (κ1) is 88.3. The number of nitrogens with one attached hydrogen (secondary N) is 12. The van der Waals surface area contributed by atoms with Gasteiger partial charge in [-0.2, -0.15) is 0 Å². The van der Waals surface area contributed by atoms with Gasteiger partial charge in [0.25, 0.3) is 0 Å². The fourth-order valence-corrected chi connectivity index (χ4v) is 12.3. The van der Waals surface area contributed by atoms with Gasteiger partial charge in [-0.25, -0.2) is 0 Å². The predicted octanol–water partition coefficient (Wildman–Crippen LogP) is -14.9. The number of hydrogen-bond donors (Lipinski definition) is 28. The average molecular weight is 1540 g/mol. The number of rotatable bonds is 32. The van der Waals surface area contributed by atoms with Crippen molar-refractivity contribution in [1.82, 2.24) is 83.4 Å². The highest BCUT2D eigenvalue weighted by Gasteiger charge is 2.47. The van der Waals surface area contributed by atoms with Crippen molar-refractivity contribution in [2.45, 2.75) is 161 Å². The van der Waals surface area contributed by atoms with Crippen molar-refractivity contribution in [3.05, 3.63) is 0 Å². The molecular weight excluding hydrogens is 1430 g/mol. The SMILES string of the molecule is O=C(CCN1CCCN(CCC(=O)NCCNC(=S)N[C@@H]2O[C@H](CO)[C@@H](O)[C@H](O)[C@H]2O)CCN(CCC(=O)NCCNC(=S)N[C@@H]2O[C@H](CO)[C@@H](O)[C@H](O)[C@H]2O)CCCN(CCC(=O)NCCNC(=S)N[C@@H]2O[C@H](CO)[C@@H](O)[C@H](O)[C@H]2O)CC1)NCCNC(=S)N[C@@H]1O[C@H](CO)[C@@H](O)[C@H](O)[C@H]1O. The topological polar surface area (TPSA) is 586 Å². The lowest BCUT2D eigenvalue weighted by Gasteiger charge is -2.40. The first-order chi connectivity index (χ1) is 48.7. The summed E-state index contributed by atoms with van der Waals surface area (Å²) in [7, 11) is 0. The highest BCUT2D eigenvalue weighted by molar-refractivity contribution is 7.80. The minimum atomic E-state index is -1.62. The maximum Gasteiger partial charge on any atom is 0.221 e. The maximum absolute atomic E-state index is 13.4. The standard InChI is InChI=1S/C58H108N16O24S4/c75-27-31-39(83)43(87)47(91)51(95-31)67-55(99)63-11-7-59-35(79)3-19-71-15-1-16-72(20-4-36(80)60-8-12-64-56(100)68-52-48(92)44(88)40(84)32(28-76)96-52)24-26-74(22-6-38(82)62-10-14-66-58(102)70-54-50(94)46(90)42(86)34(30-78)98-54)18-2-17-73(25-23-71)21-5-37(81)61-9-13-65-57(101)69-53-49(93)45(89)41(85)33(29-77)97-53/h31-34,39-54,75-78,83-94H,1-30H2,(H,59,79)(H,60,80)(H,61,81)(H,62,82)(H2,63,67,99)(H2,64,68,100)(H2,65,69,101)(H2,66,70,102)/t31-,32-,33-,34-,39-,40-,41-,42-,43+,44+,45+,46+,47-,48-,49-,50-,51-,52-,53-,54-/m1/s1. The van der Waals surface area contributed by atoms with Gasteiger partial charge >= 0.3 is 0 Å². The van der Waals surface area contributed by atoms with E-state index in [9.17, 15) is 101 Å². The number of carbonyl (C=O) groups excluding carboxylic acids is 4. The molecule has 44 heteroatoms. The lowest BCUT2D eigenvalue weighted by Crippen LogP contribution is -2.64. The van der Waals surface area contributed by atoms with Gasteiger partial charge in [0, 0.05) is 130 Å². The number of hydrogen-bond acceptors (Lipinski definition) is 32.